The minimum atomic E-state index is -0.247. The molecule has 1 unspecified atom stereocenters. The van der Waals surface area contributed by atoms with Crippen molar-refractivity contribution in [3.05, 3.63) is 40.6 Å². The van der Waals surface area contributed by atoms with Gasteiger partial charge >= 0.3 is 0 Å². The van der Waals surface area contributed by atoms with Gasteiger partial charge in [0.05, 0.1) is 16.4 Å². The molecule has 1 atom stereocenters. The molecule has 0 radical (unpaired) electrons. The molecular formula is C14H15BrN4O. The lowest BCUT2D eigenvalue weighted by Gasteiger charge is -2.10. The summed E-state index contributed by atoms with van der Waals surface area (Å²) in [5.74, 6) is 0.00671. The predicted molar refractivity (Wildman–Crippen MR) is 80.9 cm³/mol. The molecule has 0 bridgehead atoms. The van der Waals surface area contributed by atoms with Gasteiger partial charge in [-0.3, -0.25) is 4.79 Å². The van der Waals surface area contributed by atoms with Crippen LogP contribution in [0.25, 0.3) is 5.69 Å². The van der Waals surface area contributed by atoms with Gasteiger partial charge in [0.15, 0.2) is 0 Å². The highest BCUT2D eigenvalue weighted by atomic mass is 79.9. The Balaban J connectivity index is 1.91. The van der Waals surface area contributed by atoms with Crippen molar-refractivity contribution in [3.8, 4) is 5.69 Å². The summed E-state index contributed by atoms with van der Waals surface area (Å²) in [5.41, 5.74) is 2.78. The van der Waals surface area contributed by atoms with Crippen LogP contribution in [0.1, 0.15) is 24.9 Å². The predicted octanol–water partition coefficient (Wildman–Crippen LogP) is 2.63. The fourth-order valence-corrected chi connectivity index (χ4v) is 2.61. The van der Waals surface area contributed by atoms with E-state index in [1.54, 1.807) is 10.9 Å². The quantitative estimate of drug-likeness (QED) is 0.903. The summed E-state index contributed by atoms with van der Waals surface area (Å²) in [6.45, 7) is 2.91. The molecule has 5 nitrogen and oxygen atoms in total. The van der Waals surface area contributed by atoms with E-state index in [0.29, 0.717) is 0 Å². The van der Waals surface area contributed by atoms with Crippen molar-refractivity contribution in [1.29, 1.82) is 0 Å². The van der Waals surface area contributed by atoms with Gasteiger partial charge in [-0.25, -0.2) is 4.68 Å². The zero-order valence-corrected chi connectivity index (χ0v) is 12.6. The van der Waals surface area contributed by atoms with Crippen LogP contribution in [0.2, 0.25) is 0 Å². The maximum atomic E-state index is 12.0. The van der Waals surface area contributed by atoms with E-state index in [1.165, 1.54) is 0 Å². The van der Waals surface area contributed by atoms with E-state index in [0.717, 1.165) is 34.4 Å². The molecule has 1 aliphatic heterocycles. The van der Waals surface area contributed by atoms with Crippen LogP contribution >= 0.6 is 15.9 Å². The van der Waals surface area contributed by atoms with Crippen molar-refractivity contribution in [3.63, 3.8) is 0 Å². The number of aromatic nitrogens is 2. The molecule has 1 aromatic heterocycles. The summed E-state index contributed by atoms with van der Waals surface area (Å²) < 4.78 is 2.69. The largest absolute Gasteiger partial charge is 0.324 e. The minimum absolute atomic E-state index is 0.00671. The number of benzene rings is 1. The Hall–Kier alpha value is -1.66. The average molecular weight is 335 g/mol. The minimum Gasteiger partial charge on any atom is -0.324 e. The first-order valence-electron chi connectivity index (χ1n) is 6.58. The molecule has 0 saturated heterocycles. The number of amides is 1. The zero-order chi connectivity index (χ0) is 14.1. The van der Waals surface area contributed by atoms with Gasteiger partial charge in [0.1, 0.15) is 6.04 Å². The highest BCUT2D eigenvalue weighted by Crippen LogP contribution is 2.32. The number of carbonyl (C=O) groups is 1. The Bertz CT molecular complexity index is 652. The maximum absolute atomic E-state index is 12.0. The Morgan fingerprint density at radius 1 is 1.50 bits per heavy atom. The van der Waals surface area contributed by atoms with Crippen LogP contribution in [-0.2, 0) is 4.79 Å². The summed E-state index contributed by atoms with van der Waals surface area (Å²) in [6, 6.07) is 5.65. The molecule has 104 valence electrons. The number of halogens is 1. The van der Waals surface area contributed by atoms with Crippen molar-refractivity contribution < 1.29 is 4.79 Å². The molecule has 0 fully saturated rings. The summed E-state index contributed by atoms with van der Waals surface area (Å²) in [5, 5.41) is 10.4. The molecule has 3 rings (SSSR count). The topological polar surface area (TPSA) is 59.0 Å². The van der Waals surface area contributed by atoms with Crippen LogP contribution < -0.4 is 10.6 Å². The van der Waals surface area contributed by atoms with Crippen LogP contribution in [0.5, 0.6) is 0 Å². The number of nitrogens with one attached hydrogen (secondary N) is 2. The molecule has 6 heteroatoms. The van der Waals surface area contributed by atoms with E-state index in [-0.39, 0.29) is 11.9 Å². The number of hydrogen-bond acceptors (Lipinski definition) is 3. The Kier molecular flexibility index (Phi) is 3.58. The molecule has 1 aliphatic rings. The lowest BCUT2D eigenvalue weighted by atomic mass is 10.1. The van der Waals surface area contributed by atoms with Crippen LogP contribution in [0.3, 0.4) is 0 Å². The summed E-state index contributed by atoms with van der Waals surface area (Å²) >= 11 is 3.38. The second-order valence-electron chi connectivity index (χ2n) is 4.75. The Morgan fingerprint density at radius 3 is 3.05 bits per heavy atom. The van der Waals surface area contributed by atoms with E-state index >= 15 is 0 Å². The van der Waals surface area contributed by atoms with Gasteiger partial charge in [0.2, 0.25) is 5.91 Å². The Labute approximate surface area is 125 Å². The van der Waals surface area contributed by atoms with Crippen LogP contribution in [0, 0.1) is 0 Å². The second kappa shape index (κ2) is 5.38. The highest BCUT2D eigenvalue weighted by Gasteiger charge is 2.29. The van der Waals surface area contributed by atoms with Crippen molar-refractivity contribution in [2.24, 2.45) is 0 Å². The second-order valence-corrected chi connectivity index (χ2v) is 5.67. The number of anilines is 1. The lowest BCUT2D eigenvalue weighted by Crippen LogP contribution is -2.27. The standard InChI is InChI=1S/C14H15BrN4O/c1-2-5-16-13-11-4-3-10(6-12(11)18-14(13)20)19-8-9(15)7-17-19/h3-4,6-8,13,16H,2,5H2,1H3,(H,18,20). The molecule has 0 spiro atoms. The van der Waals surface area contributed by atoms with E-state index in [9.17, 15) is 4.79 Å². The monoisotopic (exact) mass is 334 g/mol. The van der Waals surface area contributed by atoms with Gasteiger partial charge in [-0.05, 0) is 41.0 Å². The van der Waals surface area contributed by atoms with E-state index in [2.05, 4.69) is 38.6 Å². The van der Waals surface area contributed by atoms with Crippen molar-refractivity contribution in [2.45, 2.75) is 19.4 Å². The molecule has 2 N–H and O–H groups in total. The van der Waals surface area contributed by atoms with E-state index < -0.39 is 0 Å². The summed E-state index contributed by atoms with van der Waals surface area (Å²) in [6.07, 6.45) is 4.61. The first kappa shape index (κ1) is 13.3. The smallest absolute Gasteiger partial charge is 0.246 e. The van der Waals surface area contributed by atoms with Gasteiger partial charge in [0, 0.05) is 17.4 Å². The Morgan fingerprint density at radius 2 is 2.35 bits per heavy atom. The first-order valence-corrected chi connectivity index (χ1v) is 7.37. The van der Waals surface area contributed by atoms with Gasteiger partial charge in [-0.2, -0.15) is 5.10 Å². The average Bonchev–Trinajstić information content (AvgIpc) is 2.99. The summed E-state index contributed by atoms with van der Waals surface area (Å²) in [7, 11) is 0. The number of rotatable bonds is 4. The van der Waals surface area contributed by atoms with Crippen molar-refractivity contribution in [1.82, 2.24) is 15.1 Å². The fourth-order valence-electron chi connectivity index (χ4n) is 2.33. The fraction of sp³-hybridized carbons (Fsp3) is 0.286. The molecule has 20 heavy (non-hydrogen) atoms. The molecule has 0 saturated carbocycles. The number of fused-ring (bicyclic) bond motifs is 1. The number of hydrogen-bond donors (Lipinski definition) is 2. The lowest BCUT2D eigenvalue weighted by molar-refractivity contribution is -0.117. The third-order valence-electron chi connectivity index (χ3n) is 3.28. The maximum Gasteiger partial charge on any atom is 0.246 e. The zero-order valence-electron chi connectivity index (χ0n) is 11.1. The van der Waals surface area contributed by atoms with Gasteiger partial charge < -0.3 is 10.6 Å². The van der Waals surface area contributed by atoms with E-state index in [4.69, 9.17) is 0 Å². The first-order chi connectivity index (χ1) is 9.69. The van der Waals surface area contributed by atoms with Crippen LogP contribution in [0.15, 0.2) is 35.1 Å². The molecule has 2 aromatic rings. The highest BCUT2D eigenvalue weighted by molar-refractivity contribution is 9.10. The molecule has 1 amide bonds. The number of nitrogens with zero attached hydrogens (tertiary/aromatic N) is 2. The van der Waals surface area contributed by atoms with Gasteiger partial charge in [0.25, 0.3) is 0 Å². The van der Waals surface area contributed by atoms with E-state index in [1.807, 2.05) is 24.4 Å². The number of carbonyl (C=O) groups excluding carboxylic acids is 1. The van der Waals surface area contributed by atoms with Gasteiger partial charge in [-0.15, -0.1) is 0 Å². The van der Waals surface area contributed by atoms with Crippen LogP contribution in [0.4, 0.5) is 5.69 Å². The molecule has 0 aliphatic carbocycles. The molecule has 1 aromatic carbocycles. The van der Waals surface area contributed by atoms with Gasteiger partial charge in [-0.1, -0.05) is 13.0 Å². The van der Waals surface area contributed by atoms with Crippen LogP contribution in [-0.4, -0.2) is 22.2 Å². The van der Waals surface area contributed by atoms with Crippen molar-refractivity contribution in [2.75, 3.05) is 11.9 Å². The molecular weight excluding hydrogens is 320 g/mol. The third kappa shape index (κ3) is 2.36. The van der Waals surface area contributed by atoms with Crippen molar-refractivity contribution >= 4 is 27.5 Å². The third-order valence-corrected chi connectivity index (χ3v) is 3.69. The summed E-state index contributed by atoms with van der Waals surface area (Å²) in [4.78, 5) is 12.0. The normalized spacial score (nSPS) is 17.1. The SMILES string of the molecule is CCCNC1C(=O)Nc2cc(-n3cc(Br)cn3)ccc21. The molecule has 2 heterocycles.